The second-order valence-electron chi connectivity index (χ2n) is 3.93. The molecule has 13 heavy (non-hydrogen) atoms. The lowest BCUT2D eigenvalue weighted by atomic mass is 10.0. The molecule has 0 amide bonds. The molecule has 0 radical (unpaired) electrons. The van der Waals surface area contributed by atoms with Crippen molar-refractivity contribution in [1.82, 2.24) is 4.90 Å². The second-order valence-corrected chi connectivity index (χ2v) is 3.93. The lowest BCUT2D eigenvalue weighted by Crippen LogP contribution is -2.43. The zero-order valence-electron chi connectivity index (χ0n) is 8.05. The number of hydrogen-bond donors (Lipinski definition) is 0. The third kappa shape index (κ3) is 1.62. The molecule has 2 fully saturated rings. The molecule has 2 heteroatoms. The van der Waals surface area contributed by atoms with Crippen molar-refractivity contribution in [3.63, 3.8) is 0 Å². The third-order valence-electron chi connectivity index (χ3n) is 3.14. The Morgan fingerprint density at radius 3 is 2.54 bits per heavy atom. The summed E-state index contributed by atoms with van der Waals surface area (Å²) in [6, 6.07) is 1.01. The molecule has 2 nitrogen and oxygen atoms in total. The van der Waals surface area contributed by atoms with Gasteiger partial charge in [-0.1, -0.05) is 5.92 Å². The number of hydrogen-bond acceptors (Lipinski definition) is 2. The maximum atomic E-state index is 11.3. The van der Waals surface area contributed by atoms with Crippen LogP contribution in [0.2, 0.25) is 0 Å². The average molecular weight is 177 g/mol. The van der Waals surface area contributed by atoms with Gasteiger partial charge in [-0.25, -0.2) is 0 Å². The molecular formula is C11H15NO. The van der Waals surface area contributed by atoms with Crippen LogP contribution in [0.15, 0.2) is 0 Å². The summed E-state index contributed by atoms with van der Waals surface area (Å²) in [6.07, 6.45) is 3.92. The van der Waals surface area contributed by atoms with Crippen LogP contribution < -0.4 is 0 Å². The predicted octanol–water partition coefficient (Wildman–Crippen LogP) is 1.21. The van der Waals surface area contributed by atoms with Crippen molar-refractivity contribution >= 4 is 5.78 Å². The summed E-state index contributed by atoms with van der Waals surface area (Å²) in [5.74, 6) is 6.47. The number of ketones is 1. The van der Waals surface area contributed by atoms with Crippen molar-refractivity contribution in [2.75, 3.05) is 6.54 Å². The van der Waals surface area contributed by atoms with E-state index in [1.54, 1.807) is 0 Å². The second kappa shape index (κ2) is 3.51. The van der Waals surface area contributed by atoms with E-state index in [0.29, 0.717) is 17.9 Å². The maximum Gasteiger partial charge on any atom is 0.136 e. The van der Waals surface area contributed by atoms with Crippen molar-refractivity contribution in [2.24, 2.45) is 0 Å². The Morgan fingerprint density at radius 1 is 1.38 bits per heavy atom. The quantitative estimate of drug-likeness (QED) is 0.561. The van der Waals surface area contributed by atoms with E-state index in [1.807, 2.05) is 6.92 Å². The van der Waals surface area contributed by atoms with Gasteiger partial charge in [0.25, 0.3) is 0 Å². The molecule has 0 aromatic carbocycles. The Labute approximate surface area is 79.3 Å². The topological polar surface area (TPSA) is 20.3 Å². The number of fused-ring (bicyclic) bond motifs is 2. The lowest BCUT2D eigenvalue weighted by molar-refractivity contribution is -0.123. The van der Waals surface area contributed by atoms with Crippen LogP contribution in [0.5, 0.6) is 0 Å². The van der Waals surface area contributed by atoms with Gasteiger partial charge in [0.2, 0.25) is 0 Å². The standard InChI is InChI=1S/C11H15NO/c1-2-3-6-12-9-4-5-10(12)8-11(13)7-9/h9-10H,4-8H2,1H3. The number of nitrogens with zero attached hydrogens (tertiary/aromatic N) is 1. The van der Waals surface area contributed by atoms with E-state index >= 15 is 0 Å². The molecule has 0 aromatic heterocycles. The van der Waals surface area contributed by atoms with Gasteiger partial charge in [0.15, 0.2) is 0 Å². The Hall–Kier alpha value is -0.810. The minimum Gasteiger partial charge on any atom is -0.300 e. The molecule has 0 spiro atoms. The molecular weight excluding hydrogens is 162 g/mol. The first kappa shape index (κ1) is 8.77. The number of Topliss-reactive ketones (excluding diaryl/α,β-unsaturated/α-hetero) is 1. The van der Waals surface area contributed by atoms with Gasteiger partial charge in [-0.3, -0.25) is 9.69 Å². The molecule has 0 N–H and O–H groups in total. The number of carbonyl (C=O) groups is 1. The Morgan fingerprint density at radius 2 is 2.00 bits per heavy atom. The molecule has 0 aromatic rings. The number of piperidine rings is 1. The van der Waals surface area contributed by atoms with Gasteiger partial charge < -0.3 is 0 Å². The van der Waals surface area contributed by atoms with Crippen molar-refractivity contribution in [3.05, 3.63) is 0 Å². The van der Waals surface area contributed by atoms with Crippen LogP contribution in [0.3, 0.4) is 0 Å². The fourth-order valence-electron chi connectivity index (χ4n) is 2.49. The van der Waals surface area contributed by atoms with Crippen LogP contribution in [0.1, 0.15) is 32.6 Å². The molecule has 2 heterocycles. The Balaban J connectivity index is 2.04. The van der Waals surface area contributed by atoms with E-state index in [0.717, 1.165) is 19.4 Å². The first-order chi connectivity index (χ1) is 6.31. The smallest absolute Gasteiger partial charge is 0.136 e. The highest BCUT2D eigenvalue weighted by molar-refractivity contribution is 5.81. The lowest BCUT2D eigenvalue weighted by Gasteiger charge is -2.32. The molecule has 2 bridgehead atoms. The molecule has 2 atom stereocenters. The zero-order chi connectivity index (χ0) is 9.26. The fraction of sp³-hybridized carbons (Fsp3) is 0.727. The van der Waals surface area contributed by atoms with E-state index in [4.69, 9.17) is 0 Å². The van der Waals surface area contributed by atoms with Crippen LogP contribution in [0.25, 0.3) is 0 Å². The van der Waals surface area contributed by atoms with Crippen molar-refractivity contribution in [3.8, 4) is 11.8 Å². The summed E-state index contributed by atoms with van der Waals surface area (Å²) in [5.41, 5.74) is 0. The normalized spacial score (nSPS) is 32.8. The first-order valence-electron chi connectivity index (χ1n) is 4.98. The first-order valence-corrected chi connectivity index (χ1v) is 4.98. The molecule has 2 aliphatic rings. The average Bonchev–Trinajstić information content (AvgIpc) is 2.33. The minimum absolute atomic E-state index is 0.452. The largest absolute Gasteiger partial charge is 0.300 e. The molecule has 0 saturated carbocycles. The minimum atomic E-state index is 0.452. The van der Waals surface area contributed by atoms with Gasteiger partial charge in [-0.15, -0.1) is 5.92 Å². The highest BCUT2D eigenvalue weighted by Gasteiger charge is 2.39. The zero-order valence-corrected chi connectivity index (χ0v) is 8.05. The molecule has 2 saturated heterocycles. The molecule has 0 aliphatic carbocycles. The molecule has 2 unspecified atom stereocenters. The van der Waals surface area contributed by atoms with E-state index in [9.17, 15) is 4.79 Å². The SMILES string of the molecule is CC#CCN1C2CCC1CC(=O)C2. The van der Waals surface area contributed by atoms with E-state index in [2.05, 4.69) is 16.7 Å². The number of carbonyl (C=O) groups excluding carboxylic acids is 1. The Kier molecular flexibility index (Phi) is 2.37. The van der Waals surface area contributed by atoms with Crippen LogP contribution in [0, 0.1) is 11.8 Å². The van der Waals surface area contributed by atoms with Crippen LogP contribution in [-0.4, -0.2) is 29.3 Å². The van der Waals surface area contributed by atoms with Gasteiger partial charge in [0.05, 0.1) is 6.54 Å². The van der Waals surface area contributed by atoms with Crippen molar-refractivity contribution in [1.29, 1.82) is 0 Å². The highest BCUT2D eigenvalue weighted by atomic mass is 16.1. The maximum absolute atomic E-state index is 11.3. The fourth-order valence-corrected chi connectivity index (χ4v) is 2.49. The summed E-state index contributed by atoms with van der Waals surface area (Å²) in [6.45, 7) is 2.73. The molecule has 2 rings (SSSR count). The summed E-state index contributed by atoms with van der Waals surface area (Å²) < 4.78 is 0. The molecule has 2 aliphatic heterocycles. The van der Waals surface area contributed by atoms with Crippen LogP contribution in [-0.2, 0) is 4.79 Å². The van der Waals surface area contributed by atoms with Crippen molar-refractivity contribution < 1.29 is 4.79 Å². The Bertz CT molecular complexity index is 258. The summed E-state index contributed by atoms with van der Waals surface area (Å²) in [5, 5.41) is 0. The van der Waals surface area contributed by atoms with Gasteiger partial charge in [-0.2, -0.15) is 0 Å². The summed E-state index contributed by atoms with van der Waals surface area (Å²) >= 11 is 0. The van der Waals surface area contributed by atoms with E-state index in [-0.39, 0.29) is 0 Å². The monoisotopic (exact) mass is 177 g/mol. The summed E-state index contributed by atoms with van der Waals surface area (Å²) in [7, 11) is 0. The third-order valence-corrected chi connectivity index (χ3v) is 3.14. The van der Waals surface area contributed by atoms with Gasteiger partial charge in [0, 0.05) is 24.9 Å². The summed E-state index contributed by atoms with van der Waals surface area (Å²) in [4.78, 5) is 13.7. The van der Waals surface area contributed by atoms with Crippen LogP contribution in [0.4, 0.5) is 0 Å². The van der Waals surface area contributed by atoms with Crippen molar-refractivity contribution in [2.45, 2.75) is 44.7 Å². The predicted molar refractivity (Wildman–Crippen MR) is 51.2 cm³/mol. The number of rotatable bonds is 1. The van der Waals surface area contributed by atoms with E-state index in [1.165, 1.54) is 12.8 Å². The van der Waals surface area contributed by atoms with Gasteiger partial charge >= 0.3 is 0 Å². The van der Waals surface area contributed by atoms with Crippen LogP contribution >= 0.6 is 0 Å². The molecule has 70 valence electrons. The highest BCUT2D eigenvalue weighted by Crippen LogP contribution is 2.33. The van der Waals surface area contributed by atoms with E-state index < -0.39 is 0 Å². The van der Waals surface area contributed by atoms with Gasteiger partial charge in [-0.05, 0) is 19.8 Å². The van der Waals surface area contributed by atoms with Gasteiger partial charge in [0.1, 0.15) is 5.78 Å².